The van der Waals surface area contributed by atoms with Crippen molar-refractivity contribution in [1.82, 2.24) is 10.6 Å². The Balaban J connectivity index is 2.57. The third kappa shape index (κ3) is 6.43. The van der Waals surface area contributed by atoms with Crippen LogP contribution in [0.25, 0.3) is 0 Å². The number of carbonyl (C=O) groups excluding carboxylic acids is 2. The van der Waals surface area contributed by atoms with Crippen molar-refractivity contribution in [3.8, 4) is 0 Å². The van der Waals surface area contributed by atoms with Crippen LogP contribution in [-0.4, -0.2) is 23.9 Å². The molecule has 2 N–H and O–H groups in total. The van der Waals surface area contributed by atoms with Crippen LogP contribution in [0.15, 0.2) is 24.3 Å². The predicted octanol–water partition coefficient (Wildman–Crippen LogP) is 3.13. The van der Waals surface area contributed by atoms with E-state index < -0.39 is 0 Å². The van der Waals surface area contributed by atoms with Crippen molar-refractivity contribution in [2.45, 2.75) is 52.5 Å². The minimum Gasteiger partial charge on any atom is -0.352 e. The Kier molecular flexibility index (Phi) is 6.40. The van der Waals surface area contributed by atoms with Crippen LogP contribution in [0, 0.1) is 0 Å². The fourth-order valence-corrected chi connectivity index (χ4v) is 1.86. The summed E-state index contributed by atoms with van der Waals surface area (Å²) in [5, 5.41) is 5.77. The Morgan fingerprint density at radius 2 is 1.48 bits per heavy atom. The largest absolute Gasteiger partial charge is 0.352 e. The topological polar surface area (TPSA) is 58.2 Å². The van der Waals surface area contributed by atoms with Crippen molar-refractivity contribution >= 4 is 11.8 Å². The van der Waals surface area contributed by atoms with Crippen molar-refractivity contribution in [1.29, 1.82) is 0 Å². The van der Waals surface area contributed by atoms with Gasteiger partial charge in [-0.1, -0.05) is 19.8 Å². The number of unbranched alkanes of at least 4 members (excludes halogenated alkanes) is 2. The van der Waals surface area contributed by atoms with Gasteiger partial charge < -0.3 is 10.6 Å². The molecule has 0 radical (unpaired) electrons. The van der Waals surface area contributed by atoms with E-state index in [4.69, 9.17) is 0 Å². The normalized spacial score (nSPS) is 11.0. The lowest BCUT2D eigenvalue weighted by Gasteiger charge is -2.20. The Bertz CT molecular complexity index is 473. The van der Waals surface area contributed by atoms with Gasteiger partial charge in [-0.25, -0.2) is 0 Å². The quantitative estimate of drug-likeness (QED) is 0.791. The highest BCUT2D eigenvalue weighted by molar-refractivity contribution is 5.98. The van der Waals surface area contributed by atoms with Gasteiger partial charge in [0.25, 0.3) is 11.8 Å². The maximum absolute atomic E-state index is 12.0. The van der Waals surface area contributed by atoms with Gasteiger partial charge >= 0.3 is 0 Å². The fraction of sp³-hybridized carbons (Fsp3) is 0.529. The SMILES string of the molecule is CCCCCNC(=O)c1ccc(C(=O)NC(C)(C)C)cc1. The highest BCUT2D eigenvalue weighted by atomic mass is 16.2. The number of rotatable bonds is 6. The molecular weight excluding hydrogens is 264 g/mol. The molecule has 2 amide bonds. The molecule has 0 fully saturated rings. The maximum atomic E-state index is 12.0. The summed E-state index contributed by atoms with van der Waals surface area (Å²) in [4.78, 5) is 23.9. The van der Waals surface area contributed by atoms with Crippen LogP contribution in [0.2, 0.25) is 0 Å². The highest BCUT2D eigenvalue weighted by Crippen LogP contribution is 2.07. The number of carbonyl (C=O) groups is 2. The van der Waals surface area contributed by atoms with E-state index in [9.17, 15) is 9.59 Å². The molecular formula is C17H26N2O2. The molecule has 1 rings (SSSR count). The summed E-state index contributed by atoms with van der Waals surface area (Å²) < 4.78 is 0. The van der Waals surface area contributed by atoms with Gasteiger partial charge in [0, 0.05) is 23.2 Å². The number of amides is 2. The molecule has 0 aliphatic heterocycles. The second-order valence-corrected chi connectivity index (χ2v) is 6.24. The monoisotopic (exact) mass is 290 g/mol. The molecule has 0 aliphatic carbocycles. The summed E-state index contributed by atoms with van der Waals surface area (Å²) >= 11 is 0. The maximum Gasteiger partial charge on any atom is 0.251 e. The second-order valence-electron chi connectivity index (χ2n) is 6.24. The molecule has 0 saturated carbocycles. The van der Waals surface area contributed by atoms with Crippen molar-refractivity contribution in [3.63, 3.8) is 0 Å². The van der Waals surface area contributed by atoms with E-state index in [1.807, 2.05) is 20.8 Å². The van der Waals surface area contributed by atoms with Gasteiger partial charge in [-0.15, -0.1) is 0 Å². The molecule has 0 heterocycles. The summed E-state index contributed by atoms with van der Waals surface area (Å²) in [5.74, 6) is -0.216. The van der Waals surface area contributed by atoms with Crippen molar-refractivity contribution in [2.75, 3.05) is 6.54 Å². The molecule has 1 aromatic rings. The Morgan fingerprint density at radius 1 is 0.952 bits per heavy atom. The average molecular weight is 290 g/mol. The van der Waals surface area contributed by atoms with Crippen LogP contribution in [0.1, 0.15) is 67.7 Å². The first-order valence-electron chi connectivity index (χ1n) is 7.54. The van der Waals surface area contributed by atoms with E-state index in [1.165, 1.54) is 0 Å². The minimum absolute atomic E-state index is 0.0890. The molecule has 1 aromatic carbocycles. The van der Waals surface area contributed by atoms with Gasteiger partial charge in [0.1, 0.15) is 0 Å². The lowest BCUT2D eigenvalue weighted by molar-refractivity contribution is 0.0915. The van der Waals surface area contributed by atoms with Gasteiger partial charge in [0.15, 0.2) is 0 Å². The molecule has 0 aromatic heterocycles. The summed E-state index contributed by atoms with van der Waals surface area (Å²) in [5.41, 5.74) is 0.873. The van der Waals surface area contributed by atoms with Crippen LogP contribution in [0.3, 0.4) is 0 Å². The molecule has 0 saturated heterocycles. The first-order valence-corrected chi connectivity index (χ1v) is 7.54. The van der Waals surface area contributed by atoms with Crippen LogP contribution in [0.4, 0.5) is 0 Å². The van der Waals surface area contributed by atoms with Gasteiger partial charge in [-0.3, -0.25) is 9.59 Å². The zero-order valence-corrected chi connectivity index (χ0v) is 13.5. The fourth-order valence-electron chi connectivity index (χ4n) is 1.86. The third-order valence-corrected chi connectivity index (χ3v) is 2.96. The molecule has 21 heavy (non-hydrogen) atoms. The molecule has 4 nitrogen and oxygen atoms in total. The minimum atomic E-state index is -0.271. The zero-order valence-electron chi connectivity index (χ0n) is 13.5. The Hall–Kier alpha value is -1.84. The summed E-state index contributed by atoms with van der Waals surface area (Å²) in [6, 6.07) is 6.74. The van der Waals surface area contributed by atoms with Gasteiger partial charge in [0.2, 0.25) is 0 Å². The van der Waals surface area contributed by atoms with Crippen molar-refractivity contribution in [3.05, 3.63) is 35.4 Å². The molecule has 116 valence electrons. The van der Waals surface area contributed by atoms with E-state index in [0.717, 1.165) is 19.3 Å². The van der Waals surface area contributed by atoms with Crippen molar-refractivity contribution < 1.29 is 9.59 Å². The Labute approximate surface area is 127 Å². The van der Waals surface area contributed by atoms with Gasteiger partial charge in [-0.05, 0) is 51.5 Å². The highest BCUT2D eigenvalue weighted by Gasteiger charge is 2.15. The number of hydrogen-bond acceptors (Lipinski definition) is 2. The van der Waals surface area contributed by atoms with E-state index >= 15 is 0 Å². The van der Waals surface area contributed by atoms with Crippen LogP contribution < -0.4 is 10.6 Å². The standard InChI is InChI=1S/C17H26N2O2/c1-5-6-7-12-18-15(20)13-8-10-14(11-9-13)16(21)19-17(2,3)4/h8-11H,5-7,12H2,1-4H3,(H,18,20)(H,19,21). The number of nitrogens with one attached hydrogen (secondary N) is 2. The number of benzene rings is 1. The third-order valence-electron chi connectivity index (χ3n) is 2.96. The first-order chi connectivity index (χ1) is 9.83. The summed E-state index contributed by atoms with van der Waals surface area (Å²) in [6.45, 7) is 8.62. The van der Waals surface area contributed by atoms with Crippen LogP contribution >= 0.6 is 0 Å². The molecule has 4 heteroatoms. The lowest BCUT2D eigenvalue weighted by Crippen LogP contribution is -2.40. The van der Waals surface area contributed by atoms with E-state index in [2.05, 4.69) is 17.6 Å². The van der Waals surface area contributed by atoms with Crippen molar-refractivity contribution in [2.24, 2.45) is 0 Å². The lowest BCUT2D eigenvalue weighted by atomic mass is 10.1. The first kappa shape index (κ1) is 17.2. The zero-order chi connectivity index (χ0) is 15.9. The summed E-state index contributed by atoms with van der Waals surface area (Å²) in [6.07, 6.45) is 3.24. The second kappa shape index (κ2) is 7.81. The van der Waals surface area contributed by atoms with E-state index in [0.29, 0.717) is 17.7 Å². The summed E-state index contributed by atoms with van der Waals surface area (Å²) in [7, 11) is 0. The predicted molar refractivity (Wildman–Crippen MR) is 85.5 cm³/mol. The molecule has 0 unspecified atom stereocenters. The van der Waals surface area contributed by atoms with Crippen LogP contribution in [-0.2, 0) is 0 Å². The van der Waals surface area contributed by atoms with E-state index in [1.54, 1.807) is 24.3 Å². The average Bonchev–Trinajstić information content (AvgIpc) is 2.41. The molecule has 0 aliphatic rings. The van der Waals surface area contributed by atoms with Crippen LogP contribution in [0.5, 0.6) is 0 Å². The molecule has 0 atom stereocenters. The molecule has 0 spiro atoms. The van der Waals surface area contributed by atoms with E-state index in [-0.39, 0.29) is 17.4 Å². The van der Waals surface area contributed by atoms with Gasteiger partial charge in [-0.2, -0.15) is 0 Å². The molecule has 0 bridgehead atoms. The smallest absolute Gasteiger partial charge is 0.251 e. The number of hydrogen-bond donors (Lipinski definition) is 2. The Morgan fingerprint density at radius 3 is 1.95 bits per heavy atom. The van der Waals surface area contributed by atoms with Gasteiger partial charge in [0.05, 0.1) is 0 Å².